The molecule has 1 amide bonds. The van der Waals surface area contributed by atoms with E-state index in [0.717, 1.165) is 12.0 Å². The number of aromatic nitrogens is 2. The molecular formula is C17H22FN3O2. The van der Waals surface area contributed by atoms with Crippen LogP contribution in [0.15, 0.2) is 28.7 Å². The van der Waals surface area contributed by atoms with Gasteiger partial charge in [-0.25, -0.2) is 4.39 Å². The lowest BCUT2D eigenvalue weighted by Crippen LogP contribution is -2.30. The van der Waals surface area contributed by atoms with Crippen LogP contribution in [0, 0.1) is 18.7 Å². The van der Waals surface area contributed by atoms with Gasteiger partial charge in [0.1, 0.15) is 11.9 Å². The molecule has 1 heterocycles. The molecule has 1 unspecified atom stereocenters. The van der Waals surface area contributed by atoms with Crippen LogP contribution in [-0.2, 0) is 11.2 Å². The Balaban J connectivity index is 1.93. The van der Waals surface area contributed by atoms with E-state index in [9.17, 15) is 9.18 Å². The minimum Gasteiger partial charge on any atom is -0.423 e. The molecule has 2 aromatic rings. The van der Waals surface area contributed by atoms with Crippen molar-refractivity contribution >= 4 is 5.91 Å². The van der Waals surface area contributed by atoms with E-state index in [-0.39, 0.29) is 17.8 Å². The van der Waals surface area contributed by atoms with Crippen LogP contribution in [0.3, 0.4) is 0 Å². The smallest absolute Gasteiger partial charge is 0.238 e. The van der Waals surface area contributed by atoms with Gasteiger partial charge in [-0.1, -0.05) is 26.0 Å². The zero-order valence-corrected chi connectivity index (χ0v) is 13.7. The molecule has 0 aliphatic rings. The number of nitrogens with one attached hydrogen (secondary N) is 1. The van der Waals surface area contributed by atoms with Crippen molar-refractivity contribution in [2.45, 2.75) is 46.1 Å². The zero-order chi connectivity index (χ0) is 16.8. The maximum absolute atomic E-state index is 12.9. The van der Waals surface area contributed by atoms with Gasteiger partial charge in [-0.2, -0.15) is 0 Å². The van der Waals surface area contributed by atoms with Crippen molar-refractivity contribution in [3.05, 3.63) is 47.4 Å². The van der Waals surface area contributed by atoms with Crippen molar-refractivity contribution in [1.29, 1.82) is 0 Å². The Morgan fingerprint density at radius 1 is 1.26 bits per heavy atom. The van der Waals surface area contributed by atoms with Crippen molar-refractivity contribution < 1.29 is 13.6 Å². The third-order valence-electron chi connectivity index (χ3n) is 3.44. The van der Waals surface area contributed by atoms with Gasteiger partial charge in [0.05, 0.1) is 0 Å². The summed E-state index contributed by atoms with van der Waals surface area (Å²) >= 11 is 0. The Hall–Kier alpha value is -2.24. The second kappa shape index (κ2) is 7.85. The van der Waals surface area contributed by atoms with E-state index in [1.807, 2.05) is 0 Å². The second-order valence-electron chi connectivity index (χ2n) is 6.04. The summed E-state index contributed by atoms with van der Waals surface area (Å²) in [6, 6.07) is 5.90. The van der Waals surface area contributed by atoms with Crippen LogP contribution in [0.25, 0.3) is 0 Å². The lowest BCUT2D eigenvalue weighted by Gasteiger charge is -2.17. The van der Waals surface area contributed by atoms with Crippen molar-refractivity contribution in [2.75, 3.05) is 0 Å². The molecule has 0 saturated heterocycles. The molecule has 1 atom stereocenters. The summed E-state index contributed by atoms with van der Waals surface area (Å²) in [4.78, 5) is 12.2. The fourth-order valence-electron chi connectivity index (χ4n) is 2.32. The summed E-state index contributed by atoms with van der Waals surface area (Å²) < 4.78 is 18.3. The third kappa shape index (κ3) is 5.47. The highest BCUT2D eigenvalue weighted by Gasteiger charge is 2.21. The van der Waals surface area contributed by atoms with Crippen molar-refractivity contribution in [3.63, 3.8) is 0 Å². The Morgan fingerprint density at radius 2 is 1.96 bits per heavy atom. The molecule has 0 aliphatic carbocycles. The highest BCUT2D eigenvalue weighted by molar-refractivity contribution is 5.76. The van der Waals surface area contributed by atoms with E-state index >= 15 is 0 Å². The van der Waals surface area contributed by atoms with Gasteiger partial charge in [0.15, 0.2) is 0 Å². The molecule has 1 N–H and O–H groups in total. The Bertz CT molecular complexity index is 638. The summed E-state index contributed by atoms with van der Waals surface area (Å²) in [5, 5.41) is 10.8. The van der Waals surface area contributed by atoms with Crippen molar-refractivity contribution in [2.24, 2.45) is 5.92 Å². The average Bonchev–Trinajstić information content (AvgIpc) is 2.92. The standard InChI is InChI=1S/C17H22FN3O2/c1-11(2)10-15(17-21-20-12(3)23-17)19-16(22)9-6-13-4-7-14(18)8-5-13/h4-5,7-8,11,15H,6,9-10H2,1-3H3,(H,19,22). The SMILES string of the molecule is Cc1nnc(C(CC(C)C)NC(=O)CCc2ccc(F)cc2)o1. The van der Waals surface area contributed by atoms with E-state index in [2.05, 4.69) is 29.4 Å². The summed E-state index contributed by atoms with van der Waals surface area (Å²) in [7, 11) is 0. The fourth-order valence-corrected chi connectivity index (χ4v) is 2.32. The lowest BCUT2D eigenvalue weighted by atomic mass is 10.0. The molecule has 23 heavy (non-hydrogen) atoms. The van der Waals surface area contributed by atoms with Gasteiger partial charge in [0, 0.05) is 13.3 Å². The number of carbonyl (C=O) groups excluding carboxylic acids is 1. The predicted octanol–water partition coefficient (Wildman–Crippen LogP) is 3.35. The first kappa shape index (κ1) is 17.1. The van der Waals surface area contributed by atoms with Gasteiger partial charge >= 0.3 is 0 Å². The predicted molar refractivity (Wildman–Crippen MR) is 84.1 cm³/mol. The number of aryl methyl sites for hydroxylation is 2. The fraction of sp³-hybridized carbons (Fsp3) is 0.471. The number of benzene rings is 1. The van der Waals surface area contributed by atoms with Gasteiger partial charge in [0.25, 0.3) is 0 Å². The first-order valence-electron chi connectivity index (χ1n) is 7.78. The molecule has 0 spiro atoms. The minimum absolute atomic E-state index is 0.0872. The van der Waals surface area contributed by atoms with Crippen LogP contribution in [0.1, 0.15) is 50.1 Å². The Labute approximate surface area is 135 Å². The van der Waals surface area contributed by atoms with Crippen LogP contribution in [0.4, 0.5) is 4.39 Å². The van der Waals surface area contributed by atoms with E-state index in [1.54, 1.807) is 19.1 Å². The number of halogens is 1. The van der Waals surface area contributed by atoms with E-state index in [0.29, 0.717) is 30.5 Å². The number of hydrogen-bond donors (Lipinski definition) is 1. The van der Waals surface area contributed by atoms with Crippen LogP contribution < -0.4 is 5.32 Å². The molecule has 0 fully saturated rings. The molecule has 1 aromatic heterocycles. The first-order valence-corrected chi connectivity index (χ1v) is 7.78. The van der Waals surface area contributed by atoms with E-state index in [1.165, 1.54) is 12.1 Å². The van der Waals surface area contributed by atoms with Crippen molar-refractivity contribution in [3.8, 4) is 0 Å². The topological polar surface area (TPSA) is 68.0 Å². The largest absolute Gasteiger partial charge is 0.423 e. The highest BCUT2D eigenvalue weighted by Crippen LogP contribution is 2.20. The second-order valence-corrected chi connectivity index (χ2v) is 6.04. The highest BCUT2D eigenvalue weighted by atomic mass is 19.1. The number of hydrogen-bond acceptors (Lipinski definition) is 4. The van der Waals surface area contributed by atoms with Gasteiger partial charge in [-0.15, -0.1) is 10.2 Å². The normalized spacial score (nSPS) is 12.4. The monoisotopic (exact) mass is 319 g/mol. The molecule has 1 aromatic carbocycles. The number of carbonyl (C=O) groups is 1. The summed E-state index contributed by atoms with van der Waals surface area (Å²) in [6.07, 6.45) is 1.61. The average molecular weight is 319 g/mol. The lowest BCUT2D eigenvalue weighted by molar-refractivity contribution is -0.122. The molecule has 0 bridgehead atoms. The van der Waals surface area contributed by atoms with E-state index < -0.39 is 0 Å². The summed E-state index contributed by atoms with van der Waals surface area (Å²) in [6.45, 7) is 5.86. The quantitative estimate of drug-likeness (QED) is 0.850. The van der Waals surface area contributed by atoms with Crippen LogP contribution in [0.5, 0.6) is 0 Å². The first-order chi connectivity index (χ1) is 10.9. The van der Waals surface area contributed by atoms with Gasteiger partial charge in [-0.05, 0) is 36.5 Å². The van der Waals surface area contributed by atoms with Gasteiger partial charge < -0.3 is 9.73 Å². The molecule has 6 heteroatoms. The van der Waals surface area contributed by atoms with Crippen molar-refractivity contribution in [1.82, 2.24) is 15.5 Å². The van der Waals surface area contributed by atoms with Gasteiger partial charge in [0.2, 0.25) is 17.7 Å². The molecular weight excluding hydrogens is 297 g/mol. The number of amides is 1. The minimum atomic E-state index is -0.281. The number of rotatable bonds is 7. The maximum Gasteiger partial charge on any atom is 0.238 e. The molecule has 5 nitrogen and oxygen atoms in total. The molecule has 0 saturated carbocycles. The summed E-state index contributed by atoms with van der Waals surface area (Å²) in [5.74, 6) is 0.933. The maximum atomic E-state index is 12.9. The zero-order valence-electron chi connectivity index (χ0n) is 13.7. The van der Waals surface area contributed by atoms with Crippen LogP contribution in [-0.4, -0.2) is 16.1 Å². The molecule has 124 valence electrons. The van der Waals surface area contributed by atoms with Crippen LogP contribution in [0.2, 0.25) is 0 Å². The molecule has 0 radical (unpaired) electrons. The van der Waals surface area contributed by atoms with Crippen LogP contribution >= 0.6 is 0 Å². The van der Waals surface area contributed by atoms with Gasteiger partial charge in [-0.3, -0.25) is 4.79 Å². The Kier molecular flexibility index (Phi) is 5.84. The summed E-state index contributed by atoms with van der Waals surface area (Å²) in [5.41, 5.74) is 0.926. The number of nitrogens with zero attached hydrogens (tertiary/aromatic N) is 2. The molecule has 0 aliphatic heterocycles. The molecule has 2 rings (SSSR count). The third-order valence-corrected chi connectivity index (χ3v) is 3.44. The Morgan fingerprint density at radius 3 is 2.52 bits per heavy atom. The van der Waals surface area contributed by atoms with E-state index in [4.69, 9.17) is 4.42 Å².